The van der Waals surface area contributed by atoms with Gasteiger partial charge < -0.3 is 4.57 Å². The molecule has 0 N–H and O–H groups in total. The van der Waals surface area contributed by atoms with Crippen LogP contribution in [-0.4, -0.2) is 24.2 Å². The summed E-state index contributed by atoms with van der Waals surface area (Å²) >= 11 is 6.07. The molecule has 0 saturated heterocycles. The highest BCUT2D eigenvalue weighted by Crippen LogP contribution is 2.38. The maximum atomic E-state index is 13.3. The third-order valence-electron chi connectivity index (χ3n) is 4.33. The van der Waals surface area contributed by atoms with Crippen molar-refractivity contribution in [1.82, 2.24) is 9.55 Å². The molecular formula is C18H16ClF3N2O2S. The zero-order valence-corrected chi connectivity index (χ0v) is 16.0. The maximum absolute atomic E-state index is 13.3. The van der Waals surface area contributed by atoms with Crippen molar-refractivity contribution >= 4 is 21.4 Å². The highest BCUT2D eigenvalue weighted by atomic mass is 35.5. The van der Waals surface area contributed by atoms with Crippen LogP contribution in [0.2, 0.25) is 0 Å². The van der Waals surface area contributed by atoms with E-state index in [-0.39, 0.29) is 10.7 Å². The first-order chi connectivity index (χ1) is 12.4. The molecule has 0 fully saturated rings. The normalized spacial score (nSPS) is 20.6. The predicted molar refractivity (Wildman–Crippen MR) is 96.7 cm³/mol. The van der Waals surface area contributed by atoms with E-state index in [4.69, 9.17) is 11.6 Å². The molecule has 0 radical (unpaired) electrons. The number of rotatable bonds is 3. The summed E-state index contributed by atoms with van der Waals surface area (Å²) in [6.45, 7) is 1.75. The predicted octanol–water partition coefficient (Wildman–Crippen LogP) is 4.63. The van der Waals surface area contributed by atoms with Gasteiger partial charge in [-0.3, -0.25) is 0 Å². The molecule has 0 bridgehead atoms. The summed E-state index contributed by atoms with van der Waals surface area (Å²) in [7, 11) is -3.41. The van der Waals surface area contributed by atoms with E-state index in [1.54, 1.807) is 25.2 Å². The Hall–Kier alpha value is -2.06. The van der Waals surface area contributed by atoms with Crippen LogP contribution in [0, 0.1) is 0 Å². The van der Waals surface area contributed by atoms with Crippen molar-refractivity contribution in [3.8, 4) is 5.69 Å². The molecule has 4 nitrogen and oxygen atoms in total. The first-order valence-electron chi connectivity index (χ1n) is 7.93. The number of nitrogens with zero attached hydrogens (tertiary/aromatic N) is 2. The molecule has 1 aromatic carbocycles. The van der Waals surface area contributed by atoms with E-state index in [1.807, 2.05) is 0 Å². The van der Waals surface area contributed by atoms with Crippen molar-refractivity contribution in [3.63, 3.8) is 0 Å². The van der Waals surface area contributed by atoms with Gasteiger partial charge in [0.2, 0.25) is 0 Å². The molecule has 0 saturated carbocycles. The van der Waals surface area contributed by atoms with E-state index < -0.39 is 27.1 Å². The smallest absolute Gasteiger partial charge is 0.302 e. The minimum Gasteiger partial charge on any atom is -0.302 e. The average Bonchev–Trinajstić information content (AvgIpc) is 3.00. The van der Waals surface area contributed by atoms with E-state index in [0.717, 1.165) is 12.5 Å². The highest BCUT2D eigenvalue weighted by molar-refractivity contribution is 7.90. The lowest BCUT2D eigenvalue weighted by Crippen LogP contribution is -2.25. The second-order valence-electron chi connectivity index (χ2n) is 6.64. The Morgan fingerprint density at radius 2 is 1.85 bits per heavy atom. The summed E-state index contributed by atoms with van der Waals surface area (Å²) in [5.41, 5.74) is -1.49. The SMILES string of the molecule is CC1(c2nc(C(F)(F)F)cn2-c2ccc(S(C)(=O)=O)cc2)C=C(Cl)C=CC1. The van der Waals surface area contributed by atoms with Gasteiger partial charge >= 0.3 is 6.18 Å². The van der Waals surface area contributed by atoms with Crippen molar-refractivity contribution in [2.24, 2.45) is 0 Å². The monoisotopic (exact) mass is 416 g/mol. The van der Waals surface area contributed by atoms with Gasteiger partial charge in [-0.1, -0.05) is 23.8 Å². The largest absolute Gasteiger partial charge is 0.434 e. The maximum Gasteiger partial charge on any atom is 0.434 e. The molecule has 1 aliphatic carbocycles. The second-order valence-corrected chi connectivity index (χ2v) is 9.09. The topological polar surface area (TPSA) is 52.0 Å². The summed E-state index contributed by atoms with van der Waals surface area (Å²) < 4.78 is 64.4. The third kappa shape index (κ3) is 3.96. The van der Waals surface area contributed by atoms with Crippen molar-refractivity contribution in [2.45, 2.75) is 29.8 Å². The summed E-state index contributed by atoms with van der Waals surface area (Å²) in [6, 6.07) is 5.62. The van der Waals surface area contributed by atoms with E-state index >= 15 is 0 Å². The first kappa shape index (κ1) is 19.7. The molecule has 0 amide bonds. The first-order valence-corrected chi connectivity index (χ1v) is 10.2. The molecule has 3 rings (SSSR count). The van der Waals surface area contributed by atoms with Crippen LogP contribution in [0.25, 0.3) is 5.69 Å². The van der Waals surface area contributed by atoms with E-state index in [2.05, 4.69) is 4.98 Å². The van der Waals surface area contributed by atoms with Gasteiger partial charge in [0.1, 0.15) is 5.82 Å². The molecule has 1 heterocycles. The fourth-order valence-electron chi connectivity index (χ4n) is 2.95. The fourth-order valence-corrected chi connectivity index (χ4v) is 3.91. The van der Waals surface area contributed by atoms with Crippen LogP contribution in [0.3, 0.4) is 0 Å². The summed E-state index contributed by atoms with van der Waals surface area (Å²) in [5, 5.41) is 0.416. The van der Waals surface area contributed by atoms with Gasteiger partial charge in [0.05, 0.1) is 4.90 Å². The lowest BCUT2D eigenvalue weighted by atomic mass is 9.82. The fraction of sp³-hybridized carbons (Fsp3) is 0.278. The van der Waals surface area contributed by atoms with Crippen LogP contribution in [0.15, 0.2) is 58.6 Å². The Bertz CT molecular complexity index is 1040. The summed E-state index contributed by atoms with van der Waals surface area (Å²) in [5.74, 6) is 0.171. The van der Waals surface area contributed by atoms with Gasteiger partial charge in [-0.2, -0.15) is 13.2 Å². The van der Waals surface area contributed by atoms with E-state index in [9.17, 15) is 21.6 Å². The zero-order chi connectivity index (χ0) is 20.0. The van der Waals surface area contributed by atoms with Gasteiger partial charge in [-0.05, 0) is 43.7 Å². The Labute approximate surface area is 159 Å². The average molecular weight is 417 g/mol. The summed E-state index contributed by atoms with van der Waals surface area (Å²) in [6.07, 6.45) is 2.92. The third-order valence-corrected chi connectivity index (χ3v) is 5.69. The molecule has 2 aromatic rings. The molecule has 1 unspecified atom stereocenters. The minimum absolute atomic E-state index is 0.0821. The number of hydrogen-bond donors (Lipinski definition) is 0. The van der Waals surface area contributed by atoms with Crippen molar-refractivity contribution in [2.75, 3.05) is 6.26 Å². The van der Waals surface area contributed by atoms with E-state index in [1.165, 1.54) is 28.8 Å². The quantitative estimate of drug-likeness (QED) is 0.732. The summed E-state index contributed by atoms with van der Waals surface area (Å²) in [4.78, 5) is 3.92. The van der Waals surface area contributed by atoms with Crippen molar-refractivity contribution in [3.05, 3.63) is 65.2 Å². The van der Waals surface area contributed by atoms with Crippen LogP contribution in [-0.2, 0) is 21.4 Å². The van der Waals surface area contributed by atoms with Gasteiger partial charge in [0, 0.05) is 28.6 Å². The molecule has 1 atom stereocenters. The van der Waals surface area contributed by atoms with Crippen LogP contribution in [0.4, 0.5) is 13.2 Å². The number of alkyl halides is 3. The number of sulfone groups is 1. The van der Waals surface area contributed by atoms with Gasteiger partial charge in [0.15, 0.2) is 15.5 Å². The van der Waals surface area contributed by atoms with E-state index in [0.29, 0.717) is 17.1 Å². The minimum atomic E-state index is -4.61. The highest BCUT2D eigenvalue weighted by Gasteiger charge is 2.39. The van der Waals surface area contributed by atoms with Crippen molar-refractivity contribution in [1.29, 1.82) is 0 Å². The van der Waals surface area contributed by atoms with Gasteiger partial charge in [0.25, 0.3) is 0 Å². The molecule has 0 spiro atoms. The van der Waals surface area contributed by atoms with Crippen LogP contribution in [0.5, 0.6) is 0 Å². The number of aromatic nitrogens is 2. The van der Waals surface area contributed by atoms with Crippen LogP contribution < -0.4 is 0 Å². The number of hydrogen-bond acceptors (Lipinski definition) is 3. The number of allylic oxidation sites excluding steroid dienone is 4. The number of halogens is 4. The molecule has 9 heteroatoms. The zero-order valence-electron chi connectivity index (χ0n) is 14.5. The standard InChI is InChI=1S/C18H16ClF3N2O2S/c1-17(9-3-4-12(19)10-17)16-23-15(18(20,21)22)11-24(16)13-5-7-14(8-6-13)27(2,25)26/h3-8,10-11H,9H2,1-2H3. The van der Waals surface area contributed by atoms with Gasteiger partial charge in [-0.25, -0.2) is 13.4 Å². The molecule has 144 valence electrons. The lowest BCUT2D eigenvalue weighted by molar-refractivity contribution is -0.141. The van der Waals surface area contributed by atoms with Gasteiger partial charge in [-0.15, -0.1) is 0 Å². The van der Waals surface area contributed by atoms with Crippen LogP contribution >= 0.6 is 11.6 Å². The number of benzene rings is 1. The second kappa shape index (κ2) is 6.53. The Balaban J connectivity index is 2.17. The molecular weight excluding hydrogens is 401 g/mol. The Morgan fingerprint density at radius 1 is 1.22 bits per heavy atom. The Kier molecular flexibility index (Phi) is 4.76. The molecule has 1 aromatic heterocycles. The van der Waals surface area contributed by atoms with Crippen LogP contribution in [0.1, 0.15) is 24.9 Å². The van der Waals surface area contributed by atoms with Crippen molar-refractivity contribution < 1.29 is 21.6 Å². The molecule has 0 aliphatic heterocycles. The number of imidazole rings is 1. The lowest BCUT2D eigenvalue weighted by Gasteiger charge is -2.27. The molecule has 27 heavy (non-hydrogen) atoms. The molecule has 1 aliphatic rings. The Morgan fingerprint density at radius 3 is 2.37 bits per heavy atom.